The molecule has 3 nitrogen and oxygen atoms in total. The summed E-state index contributed by atoms with van der Waals surface area (Å²) in [5, 5.41) is 9.24. The topological polar surface area (TPSA) is 36.3 Å². The molecular weight excluding hydrogens is 268 g/mol. The van der Waals surface area contributed by atoms with Crippen molar-refractivity contribution < 1.29 is 4.74 Å². The van der Waals surface area contributed by atoms with E-state index in [0.717, 1.165) is 23.2 Å². The molecule has 84 valence electrons. The van der Waals surface area contributed by atoms with Crippen LogP contribution in [0.25, 0.3) is 0 Å². The number of nitriles is 1. The van der Waals surface area contributed by atoms with Crippen molar-refractivity contribution in [3.63, 3.8) is 0 Å². The van der Waals surface area contributed by atoms with E-state index in [9.17, 15) is 5.26 Å². The van der Waals surface area contributed by atoms with Gasteiger partial charge < -0.3 is 9.64 Å². The van der Waals surface area contributed by atoms with Gasteiger partial charge in [-0.25, -0.2) is 0 Å². The zero-order valence-corrected chi connectivity index (χ0v) is 10.7. The highest BCUT2D eigenvalue weighted by molar-refractivity contribution is 9.10. The summed E-state index contributed by atoms with van der Waals surface area (Å²) in [6.45, 7) is 2.05. The lowest BCUT2D eigenvalue weighted by Gasteiger charge is -2.20. The van der Waals surface area contributed by atoms with Gasteiger partial charge in [0.25, 0.3) is 0 Å². The van der Waals surface area contributed by atoms with Crippen LogP contribution in [0.4, 0.5) is 5.69 Å². The lowest BCUT2D eigenvalue weighted by molar-refractivity contribution is 0.411. The van der Waals surface area contributed by atoms with E-state index in [1.54, 1.807) is 7.11 Å². The van der Waals surface area contributed by atoms with Gasteiger partial charge in [-0.3, -0.25) is 0 Å². The largest absolute Gasteiger partial charge is 0.494 e. The molecule has 1 aromatic rings. The minimum atomic E-state index is 0.624. The molecular formula is C12H13BrN2O. The maximum atomic E-state index is 9.24. The first-order valence-corrected chi connectivity index (χ1v) is 6.08. The molecule has 1 heterocycles. The van der Waals surface area contributed by atoms with Crippen LogP contribution < -0.4 is 9.64 Å². The molecule has 0 spiro atoms. The summed E-state index contributed by atoms with van der Waals surface area (Å²) < 4.78 is 6.10. The van der Waals surface area contributed by atoms with Crippen molar-refractivity contribution >= 4 is 21.6 Å². The van der Waals surface area contributed by atoms with Crippen molar-refractivity contribution in [2.45, 2.75) is 12.8 Å². The van der Waals surface area contributed by atoms with E-state index in [1.807, 2.05) is 12.1 Å². The highest BCUT2D eigenvalue weighted by atomic mass is 79.9. The van der Waals surface area contributed by atoms with Gasteiger partial charge in [0.1, 0.15) is 11.6 Å². The number of methoxy groups -OCH3 is 1. The van der Waals surface area contributed by atoms with Crippen LogP contribution in [-0.4, -0.2) is 20.2 Å². The van der Waals surface area contributed by atoms with Gasteiger partial charge >= 0.3 is 0 Å². The van der Waals surface area contributed by atoms with Crippen LogP contribution in [0.1, 0.15) is 18.4 Å². The molecule has 1 saturated heterocycles. The van der Waals surface area contributed by atoms with Gasteiger partial charge in [0.15, 0.2) is 5.75 Å². The van der Waals surface area contributed by atoms with E-state index < -0.39 is 0 Å². The summed E-state index contributed by atoms with van der Waals surface area (Å²) in [7, 11) is 1.59. The van der Waals surface area contributed by atoms with Gasteiger partial charge in [0.2, 0.25) is 0 Å². The monoisotopic (exact) mass is 280 g/mol. The molecule has 1 fully saturated rings. The number of nitrogens with zero attached hydrogens (tertiary/aromatic N) is 2. The molecule has 0 N–H and O–H groups in total. The van der Waals surface area contributed by atoms with Crippen LogP contribution in [0.15, 0.2) is 16.6 Å². The molecule has 4 heteroatoms. The second kappa shape index (κ2) is 4.75. The third-order valence-electron chi connectivity index (χ3n) is 2.85. The Morgan fingerprint density at radius 2 is 2.06 bits per heavy atom. The number of hydrogen-bond donors (Lipinski definition) is 0. The van der Waals surface area contributed by atoms with E-state index in [-0.39, 0.29) is 0 Å². The zero-order chi connectivity index (χ0) is 11.5. The molecule has 0 radical (unpaired) electrons. The van der Waals surface area contributed by atoms with Gasteiger partial charge in [-0.2, -0.15) is 5.26 Å². The fraction of sp³-hybridized carbons (Fsp3) is 0.417. The van der Waals surface area contributed by atoms with Crippen molar-refractivity contribution in [3.8, 4) is 11.8 Å². The summed E-state index contributed by atoms with van der Waals surface area (Å²) in [6, 6.07) is 6.16. The second-order valence-corrected chi connectivity index (χ2v) is 4.64. The highest BCUT2D eigenvalue weighted by Crippen LogP contribution is 2.36. The van der Waals surface area contributed by atoms with E-state index in [4.69, 9.17) is 4.74 Å². The lowest BCUT2D eigenvalue weighted by atomic mass is 10.1. The van der Waals surface area contributed by atoms with E-state index in [1.165, 1.54) is 12.8 Å². The average molecular weight is 281 g/mol. The van der Waals surface area contributed by atoms with Gasteiger partial charge in [0.05, 0.1) is 17.3 Å². The number of anilines is 1. The summed E-state index contributed by atoms with van der Waals surface area (Å²) in [6.07, 6.45) is 2.40. The average Bonchev–Trinajstić information content (AvgIpc) is 2.81. The minimum Gasteiger partial charge on any atom is -0.494 e. The molecule has 1 aliphatic heterocycles. The third kappa shape index (κ3) is 1.88. The molecule has 0 aliphatic carbocycles. The van der Waals surface area contributed by atoms with Gasteiger partial charge in [-0.15, -0.1) is 0 Å². The second-order valence-electron chi connectivity index (χ2n) is 3.78. The quantitative estimate of drug-likeness (QED) is 0.836. The van der Waals surface area contributed by atoms with Gasteiger partial charge in [0, 0.05) is 13.1 Å². The molecule has 0 saturated carbocycles. The van der Waals surface area contributed by atoms with Crippen molar-refractivity contribution in [1.82, 2.24) is 0 Å². The first-order chi connectivity index (χ1) is 7.77. The lowest BCUT2D eigenvalue weighted by Crippen LogP contribution is -2.19. The highest BCUT2D eigenvalue weighted by Gasteiger charge is 2.19. The van der Waals surface area contributed by atoms with Crippen molar-refractivity contribution in [1.29, 1.82) is 5.26 Å². The summed E-state index contributed by atoms with van der Waals surface area (Å²) >= 11 is 3.40. The van der Waals surface area contributed by atoms with Crippen LogP contribution >= 0.6 is 15.9 Å². The molecule has 0 amide bonds. The first-order valence-electron chi connectivity index (χ1n) is 5.29. The molecule has 1 aliphatic rings. The molecule has 0 atom stereocenters. The van der Waals surface area contributed by atoms with Crippen LogP contribution in [0, 0.1) is 11.3 Å². The number of benzene rings is 1. The standard InChI is InChI=1S/C12H13BrN2O/c1-16-12-9(8-14)11(5-4-10(12)13)15-6-2-3-7-15/h4-5H,2-3,6-7H2,1H3. The normalized spacial score (nSPS) is 14.9. The molecule has 16 heavy (non-hydrogen) atoms. The fourth-order valence-electron chi connectivity index (χ4n) is 2.08. The van der Waals surface area contributed by atoms with Crippen LogP contribution in [0.5, 0.6) is 5.75 Å². The summed E-state index contributed by atoms with van der Waals surface area (Å²) in [5.41, 5.74) is 1.61. The zero-order valence-electron chi connectivity index (χ0n) is 9.16. The SMILES string of the molecule is COc1c(Br)ccc(N2CCCC2)c1C#N. The minimum absolute atomic E-state index is 0.624. The number of hydrogen-bond acceptors (Lipinski definition) is 3. The Labute approximate surface area is 104 Å². The molecule has 0 unspecified atom stereocenters. The Morgan fingerprint density at radius 3 is 2.62 bits per heavy atom. The Hall–Kier alpha value is -1.21. The molecule has 1 aromatic carbocycles. The third-order valence-corrected chi connectivity index (χ3v) is 3.47. The maximum Gasteiger partial charge on any atom is 0.152 e. The summed E-state index contributed by atoms with van der Waals surface area (Å²) in [4.78, 5) is 2.24. The molecule has 0 bridgehead atoms. The number of rotatable bonds is 2. The van der Waals surface area contributed by atoms with Crippen molar-refractivity contribution in [3.05, 3.63) is 22.2 Å². The van der Waals surface area contributed by atoms with Gasteiger partial charge in [-0.05, 0) is 40.9 Å². The van der Waals surface area contributed by atoms with E-state index in [2.05, 4.69) is 26.9 Å². The fourth-order valence-corrected chi connectivity index (χ4v) is 2.57. The van der Waals surface area contributed by atoms with Crippen molar-refractivity contribution in [2.75, 3.05) is 25.1 Å². The molecule has 2 rings (SSSR count). The van der Waals surface area contributed by atoms with E-state index >= 15 is 0 Å². The van der Waals surface area contributed by atoms with Crippen LogP contribution in [-0.2, 0) is 0 Å². The Bertz CT molecular complexity index is 433. The Kier molecular flexibility index (Phi) is 3.35. The van der Waals surface area contributed by atoms with E-state index in [0.29, 0.717) is 11.3 Å². The van der Waals surface area contributed by atoms with Crippen LogP contribution in [0.2, 0.25) is 0 Å². The smallest absolute Gasteiger partial charge is 0.152 e. The van der Waals surface area contributed by atoms with Crippen molar-refractivity contribution in [2.24, 2.45) is 0 Å². The van der Waals surface area contributed by atoms with Crippen LogP contribution in [0.3, 0.4) is 0 Å². The number of halogens is 1. The summed E-state index contributed by atoms with van der Waals surface area (Å²) in [5.74, 6) is 0.631. The Balaban J connectivity index is 2.49. The number of ether oxygens (including phenoxy) is 1. The Morgan fingerprint density at radius 1 is 1.38 bits per heavy atom. The molecule has 0 aromatic heterocycles. The predicted molar refractivity (Wildman–Crippen MR) is 66.9 cm³/mol. The predicted octanol–water partition coefficient (Wildman–Crippen LogP) is 2.93. The first kappa shape index (κ1) is 11.3. The maximum absolute atomic E-state index is 9.24. The van der Waals surface area contributed by atoms with Gasteiger partial charge in [-0.1, -0.05) is 0 Å².